The Hall–Kier alpha value is -0.870. The zero-order valence-corrected chi connectivity index (χ0v) is 11.5. The number of hydrogen-bond donors (Lipinski definition) is 2. The number of amides is 1. The molecule has 1 heterocycles. The molecule has 0 unspecified atom stereocenters. The normalized spacial score (nSPS) is 16.8. The number of aryl methyl sites for hydroxylation is 1. The first kappa shape index (κ1) is 12.6. The van der Waals surface area contributed by atoms with Crippen LogP contribution < -0.4 is 10.6 Å². The summed E-state index contributed by atoms with van der Waals surface area (Å²) in [6, 6.07) is 5.95. The number of carbonyl (C=O) groups excluding carboxylic acids is 1. The minimum absolute atomic E-state index is 0.143. The van der Waals surface area contributed by atoms with Crippen LogP contribution in [0.5, 0.6) is 0 Å². The van der Waals surface area contributed by atoms with E-state index in [0.29, 0.717) is 0 Å². The Labute approximate surface area is 110 Å². The summed E-state index contributed by atoms with van der Waals surface area (Å²) in [5.74, 6) is 0.291. The van der Waals surface area contributed by atoms with Crippen LogP contribution in [-0.4, -0.2) is 19.0 Å². The van der Waals surface area contributed by atoms with E-state index < -0.39 is 0 Å². The monoisotopic (exact) mass is 296 g/mol. The smallest absolute Gasteiger partial charge is 0.227 e. The van der Waals surface area contributed by atoms with Gasteiger partial charge in [0.15, 0.2) is 0 Å². The Kier molecular flexibility index (Phi) is 4.18. The van der Waals surface area contributed by atoms with Crippen LogP contribution in [0.4, 0.5) is 5.69 Å². The van der Waals surface area contributed by atoms with Crippen LogP contribution in [0.1, 0.15) is 18.4 Å². The number of benzene rings is 1. The van der Waals surface area contributed by atoms with Crippen molar-refractivity contribution in [1.29, 1.82) is 0 Å². The summed E-state index contributed by atoms with van der Waals surface area (Å²) >= 11 is 3.44. The Bertz CT molecular complexity index is 394. The average molecular weight is 297 g/mol. The van der Waals surface area contributed by atoms with Gasteiger partial charge >= 0.3 is 0 Å². The van der Waals surface area contributed by atoms with E-state index in [-0.39, 0.29) is 11.8 Å². The van der Waals surface area contributed by atoms with Crippen molar-refractivity contribution in [3.63, 3.8) is 0 Å². The first-order chi connectivity index (χ1) is 8.15. The lowest BCUT2D eigenvalue weighted by Crippen LogP contribution is -2.34. The second kappa shape index (κ2) is 5.65. The summed E-state index contributed by atoms with van der Waals surface area (Å²) in [7, 11) is 0. The lowest BCUT2D eigenvalue weighted by atomic mass is 9.97. The van der Waals surface area contributed by atoms with E-state index in [1.807, 2.05) is 25.1 Å². The van der Waals surface area contributed by atoms with Gasteiger partial charge in [-0.2, -0.15) is 0 Å². The van der Waals surface area contributed by atoms with E-state index in [9.17, 15) is 4.79 Å². The van der Waals surface area contributed by atoms with Gasteiger partial charge in [0.1, 0.15) is 0 Å². The maximum atomic E-state index is 12.0. The van der Waals surface area contributed by atoms with Crippen molar-refractivity contribution in [3.05, 3.63) is 28.2 Å². The molecule has 0 aliphatic carbocycles. The van der Waals surface area contributed by atoms with Gasteiger partial charge in [0.25, 0.3) is 0 Å². The van der Waals surface area contributed by atoms with Crippen LogP contribution in [0.15, 0.2) is 22.7 Å². The van der Waals surface area contributed by atoms with Crippen LogP contribution in [0.2, 0.25) is 0 Å². The first-order valence-electron chi connectivity index (χ1n) is 5.94. The molecule has 1 aromatic rings. The van der Waals surface area contributed by atoms with Gasteiger partial charge < -0.3 is 10.6 Å². The maximum Gasteiger partial charge on any atom is 0.227 e. The fourth-order valence-electron chi connectivity index (χ4n) is 2.14. The summed E-state index contributed by atoms with van der Waals surface area (Å²) in [6.45, 7) is 3.90. The number of piperidine rings is 1. The molecule has 1 fully saturated rings. The van der Waals surface area contributed by atoms with Gasteiger partial charge in [-0.1, -0.05) is 15.9 Å². The number of nitrogens with one attached hydrogen (secondary N) is 2. The second-order valence-corrected chi connectivity index (χ2v) is 5.45. The maximum absolute atomic E-state index is 12.0. The van der Waals surface area contributed by atoms with E-state index in [1.165, 1.54) is 0 Å². The van der Waals surface area contributed by atoms with Crippen molar-refractivity contribution in [2.45, 2.75) is 19.8 Å². The molecule has 92 valence electrons. The SMILES string of the molecule is Cc1cc(Br)cc(NC(=O)C2CCNCC2)c1. The highest BCUT2D eigenvalue weighted by Crippen LogP contribution is 2.21. The summed E-state index contributed by atoms with van der Waals surface area (Å²) in [5.41, 5.74) is 2.01. The Morgan fingerprint density at radius 3 is 2.71 bits per heavy atom. The van der Waals surface area contributed by atoms with Crippen LogP contribution in [0, 0.1) is 12.8 Å². The molecule has 0 atom stereocenters. The van der Waals surface area contributed by atoms with Gasteiger partial charge in [-0.3, -0.25) is 4.79 Å². The Morgan fingerprint density at radius 2 is 2.06 bits per heavy atom. The highest BCUT2D eigenvalue weighted by Gasteiger charge is 2.20. The van der Waals surface area contributed by atoms with Crippen molar-refractivity contribution >= 4 is 27.5 Å². The van der Waals surface area contributed by atoms with Gasteiger partial charge in [-0.05, 0) is 56.6 Å². The Morgan fingerprint density at radius 1 is 1.35 bits per heavy atom. The van der Waals surface area contributed by atoms with Crippen LogP contribution in [-0.2, 0) is 4.79 Å². The van der Waals surface area contributed by atoms with Crippen LogP contribution in [0.3, 0.4) is 0 Å². The topological polar surface area (TPSA) is 41.1 Å². The molecule has 4 heteroatoms. The van der Waals surface area contributed by atoms with E-state index in [0.717, 1.165) is 41.7 Å². The van der Waals surface area contributed by atoms with Crippen LogP contribution >= 0.6 is 15.9 Å². The molecular weight excluding hydrogens is 280 g/mol. The standard InChI is InChI=1S/C13H17BrN2O/c1-9-6-11(14)8-12(7-9)16-13(17)10-2-4-15-5-3-10/h6-8,10,15H,2-5H2,1H3,(H,16,17). The number of halogens is 1. The molecule has 1 saturated heterocycles. The molecule has 0 saturated carbocycles. The van der Waals surface area contributed by atoms with Gasteiger partial charge in [-0.15, -0.1) is 0 Å². The number of anilines is 1. The van der Waals surface area contributed by atoms with E-state index in [4.69, 9.17) is 0 Å². The largest absolute Gasteiger partial charge is 0.326 e. The third-order valence-electron chi connectivity index (χ3n) is 3.02. The molecule has 17 heavy (non-hydrogen) atoms. The van der Waals surface area contributed by atoms with E-state index >= 15 is 0 Å². The highest BCUT2D eigenvalue weighted by molar-refractivity contribution is 9.10. The highest BCUT2D eigenvalue weighted by atomic mass is 79.9. The van der Waals surface area contributed by atoms with E-state index in [1.54, 1.807) is 0 Å². The molecule has 0 aromatic heterocycles. The third-order valence-corrected chi connectivity index (χ3v) is 3.48. The minimum atomic E-state index is 0.143. The quantitative estimate of drug-likeness (QED) is 0.881. The minimum Gasteiger partial charge on any atom is -0.326 e. The molecule has 3 nitrogen and oxygen atoms in total. The predicted octanol–water partition coefficient (Wildman–Crippen LogP) is 2.70. The zero-order valence-electron chi connectivity index (χ0n) is 9.92. The van der Waals surface area contributed by atoms with Gasteiger partial charge in [-0.25, -0.2) is 0 Å². The summed E-state index contributed by atoms with van der Waals surface area (Å²) in [4.78, 5) is 12.0. The average Bonchev–Trinajstić information content (AvgIpc) is 2.28. The van der Waals surface area contributed by atoms with Crippen molar-refractivity contribution < 1.29 is 4.79 Å². The molecule has 1 amide bonds. The van der Waals surface area contributed by atoms with Gasteiger partial charge in [0.05, 0.1) is 0 Å². The molecule has 1 aliphatic heterocycles. The predicted molar refractivity (Wildman–Crippen MR) is 73.1 cm³/mol. The molecule has 2 N–H and O–H groups in total. The Balaban J connectivity index is 2.01. The first-order valence-corrected chi connectivity index (χ1v) is 6.73. The van der Waals surface area contributed by atoms with Gasteiger partial charge in [0, 0.05) is 16.1 Å². The van der Waals surface area contributed by atoms with Crippen LogP contribution in [0.25, 0.3) is 0 Å². The fourth-order valence-corrected chi connectivity index (χ4v) is 2.74. The van der Waals surface area contributed by atoms with Crippen molar-refractivity contribution in [3.8, 4) is 0 Å². The molecular formula is C13H17BrN2O. The molecule has 1 aromatic carbocycles. The number of carbonyl (C=O) groups is 1. The molecule has 1 aliphatic rings. The van der Waals surface area contributed by atoms with Crippen molar-refractivity contribution in [2.24, 2.45) is 5.92 Å². The summed E-state index contributed by atoms with van der Waals surface area (Å²) < 4.78 is 0.998. The molecule has 2 rings (SSSR count). The second-order valence-electron chi connectivity index (χ2n) is 4.53. The molecule has 0 radical (unpaired) electrons. The number of hydrogen-bond acceptors (Lipinski definition) is 2. The zero-order chi connectivity index (χ0) is 12.3. The van der Waals surface area contributed by atoms with Gasteiger partial charge in [0.2, 0.25) is 5.91 Å². The fraction of sp³-hybridized carbons (Fsp3) is 0.462. The summed E-state index contributed by atoms with van der Waals surface area (Å²) in [5, 5.41) is 6.26. The molecule has 0 spiro atoms. The summed E-state index contributed by atoms with van der Waals surface area (Å²) in [6.07, 6.45) is 1.86. The number of rotatable bonds is 2. The van der Waals surface area contributed by atoms with Crippen molar-refractivity contribution in [1.82, 2.24) is 5.32 Å². The lowest BCUT2D eigenvalue weighted by molar-refractivity contribution is -0.120. The van der Waals surface area contributed by atoms with Crippen molar-refractivity contribution in [2.75, 3.05) is 18.4 Å². The third kappa shape index (κ3) is 3.54. The van der Waals surface area contributed by atoms with E-state index in [2.05, 4.69) is 26.6 Å². The molecule has 0 bridgehead atoms. The lowest BCUT2D eigenvalue weighted by Gasteiger charge is -2.21.